The third-order valence-electron chi connectivity index (χ3n) is 1.22. The maximum Gasteiger partial charge on any atom is 0.340 e. The third kappa shape index (κ3) is 2.13. The average Bonchev–Trinajstić information content (AvgIpc) is 2.54. The number of nitrogens with two attached hydrogens (primary N) is 1. The number of hydrogen-bond donors (Lipinski definition) is 1. The molecule has 1 aliphatic rings. The Morgan fingerprint density at radius 3 is 2.85 bits per heavy atom. The van der Waals surface area contributed by atoms with Gasteiger partial charge in [0.25, 0.3) is 0 Å². The van der Waals surface area contributed by atoms with Crippen molar-refractivity contribution in [2.75, 3.05) is 0 Å². The number of ether oxygens (including phenoxy) is 1. The fourth-order valence-electron chi connectivity index (χ4n) is 0.565. The molecule has 0 radical (unpaired) electrons. The summed E-state index contributed by atoms with van der Waals surface area (Å²) in [6.07, 6.45) is 1.07. The molecule has 2 N–H and O–H groups in total. The van der Waals surface area contributed by atoms with Crippen LogP contribution in [0.25, 0.3) is 0 Å². The minimum absolute atomic E-state index is 0.512. The van der Waals surface area contributed by atoms with Crippen molar-refractivity contribution in [3.8, 4) is 0 Å². The topological polar surface area (TPSA) is 106 Å². The number of hydrogen-bond acceptors (Lipinski definition) is 7. The van der Waals surface area contributed by atoms with Gasteiger partial charge in [0.1, 0.15) is 12.3 Å². The molecule has 70 valence electrons. The Morgan fingerprint density at radius 2 is 2.46 bits per heavy atom. The molecule has 7 nitrogen and oxygen atoms in total. The van der Waals surface area contributed by atoms with E-state index >= 15 is 0 Å². The van der Waals surface area contributed by atoms with Crippen LogP contribution < -0.4 is 5.73 Å². The van der Waals surface area contributed by atoms with Crippen LogP contribution in [0.4, 0.5) is 0 Å². The number of carbonyl (C=O) groups excluding carboxylic acids is 1. The fourth-order valence-corrected chi connectivity index (χ4v) is 0.868. The molecule has 0 saturated carbocycles. The van der Waals surface area contributed by atoms with Crippen molar-refractivity contribution in [1.82, 2.24) is 0 Å². The van der Waals surface area contributed by atoms with E-state index in [0.29, 0.717) is 0 Å². The highest BCUT2D eigenvalue weighted by Crippen LogP contribution is 2.28. The van der Waals surface area contributed by atoms with Crippen LogP contribution in [-0.2, 0) is 14.1 Å². The summed E-state index contributed by atoms with van der Waals surface area (Å²) in [6, 6.07) is -0.803. The molecular formula is C5H7N4O3P. The van der Waals surface area contributed by atoms with E-state index in [-0.39, 0.29) is 0 Å². The molecule has 0 aromatic carbocycles. The van der Waals surface area contributed by atoms with Crippen molar-refractivity contribution < 1.29 is 14.1 Å². The maximum atomic E-state index is 11.0. The average molecular weight is 202 g/mol. The minimum Gasteiger partial charge on any atom is -0.417 e. The van der Waals surface area contributed by atoms with E-state index in [9.17, 15) is 9.36 Å². The molecule has 0 aromatic rings. The van der Waals surface area contributed by atoms with E-state index in [0.717, 1.165) is 6.21 Å². The molecule has 0 aliphatic carbocycles. The predicted octanol–water partition coefficient (Wildman–Crippen LogP) is 0.274. The lowest BCUT2D eigenvalue weighted by Gasteiger charge is -2.14. The van der Waals surface area contributed by atoms with Crippen LogP contribution >= 0.6 is 8.46 Å². The Hall–Kier alpha value is -1.20. The Bertz CT molecular complexity index is 276. The summed E-state index contributed by atoms with van der Waals surface area (Å²) in [7, 11) is -0.512. The molecule has 1 unspecified atom stereocenters. The first kappa shape index (κ1) is 9.88. The van der Waals surface area contributed by atoms with Crippen LogP contribution in [0.2, 0.25) is 0 Å². The molecule has 13 heavy (non-hydrogen) atoms. The van der Waals surface area contributed by atoms with Crippen LogP contribution in [0.1, 0.15) is 6.92 Å². The van der Waals surface area contributed by atoms with Gasteiger partial charge in [0.05, 0.1) is 0 Å². The summed E-state index contributed by atoms with van der Waals surface area (Å²) >= 11 is 0. The first-order valence-corrected chi connectivity index (χ1v) is 4.20. The van der Waals surface area contributed by atoms with E-state index in [1.54, 1.807) is 0 Å². The van der Waals surface area contributed by atoms with Gasteiger partial charge in [-0.1, -0.05) is 0 Å². The van der Waals surface area contributed by atoms with Gasteiger partial charge in [-0.25, -0.2) is 0 Å². The van der Waals surface area contributed by atoms with Gasteiger partial charge in [-0.15, -0.1) is 10.2 Å². The first-order valence-electron chi connectivity index (χ1n) is 3.39. The van der Waals surface area contributed by atoms with Gasteiger partial charge in [0.2, 0.25) is 8.46 Å². The maximum absolute atomic E-state index is 11.0. The molecule has 8 heteroatoms. The van der Waals surface area contributed by atoms with Crippen molar-refractivity contribution in [2.24, 2.45) is 21.2 Å². The van der Waals surface area contributed by atoms with Gasteiger partial charge in [0.15, 0.2) is 0 Å². The zero-order valence-electron chi connectivity index (χ0n) is 6.75. The molecule has 0 saturated heterocycles. The lowest BCUT2D eigenvalue weighted by molar-refractivity contribution is -0.148. The summed E-state index contributed by atoms with van der Waals surface area (Å²) in [4.78, 5) is 11.0. The van der Waals surface area contributed by atoms with Crippen LogP contribution in [0.5, 0.6) is 0 Å². The number of rotatable bonds is 3. The van der Waals surface area contributed by atoms with Crippen molar-refractivity contribution in [3.63, 3.8) is 0 Å². The molecule has 0 spiro atoms. The summed E-state index contributed by atoms with van der Waals surface area (Å²) in [5.74, 6) is -0.712. The van der Waals surface area contributed by atoms with Crippen molar-refractivity contribution in [3.05, 3.63) is 0 Å². The first-order chi connectivity index (χ1) is 6.09. The number of carbonyl (C=O) groups is 1. The summed E-state index contributed by atoms with van der Waals surface area (Å²) in [5, 5.41) is 9.91. The molecule has 0 aromatic heterocycles. The third-order valence-corrected chi connectivity index (χ3v) is 1.78. The Morgan fingerprint density at radius 1 is 1.77 bits per heavy atom. The Balaban J connectivity index is 2.71. The fraction of sp³-hybridized carbons (Fsp3) is 0.600. The summed E-state index contributed by atoms with van der Waals surface area (Å²) in [6.45, 7) is 1.45. The van der Waals surface area contributed by atoms with E-state index < -0.39 is 25.9 Å². The largest absolute Gasteiger partial charge is 0.417 e. The molecule has 0 bridgehead atoms. The monoisotopic (exact) mass is 202 g/mol. The van der Waals surface area contributed by atoms with Crippen LogP contribution in [-0.4, -0.2) is 23.7 Å². The summed E-state index contributed by atoms with van der Waals surface area (Å²) in [5.41, 5.74) is 3.62. The second-order valence-corrected chi connectivity index (χ2v) is 3.22. The molecule has 1 heterocycles. The number of nitrogens with zero attached hydrogens (tertiary/aromatic N) is 3. The molecule has 0 amide bonds. The van der Waals surface area contributed by atoms with E-state index in [4.69, 9.17) is 10.5 Å². The lowest BCUT2D eigenvalue weighted by Crippen LogP contribution is -2.36. The van der Waals surface area contributed by atoms with Gasteiger partial charge in [0, 0.05) is 0 Å². The minimum atomic E-state index is -1.61. The van der Waals surface area contributed by atoms with Crippen molar-refractivity contribution >= 4 is 20.6 Å². The molecule has 0 fully saturated rings. The van der Waals surface area contributed by atoms with Gasteiger partial charge in [-0.05, 0) is 12.1 Å². The quantitative estimate of drug-likeness (QED) is 0.523. The van der Waals surface area contributed by atoms with Crippen molar-refractivity contribution in [2.45, 2.75) is 18.4 Å². The Labute approximate surface area is 75.2 Å². The van der Waals surface area contributed by atoms with Crippen LogP contribution in [0, 0.1) is 0 Å². The standard InChI is InChI=1S/C5H7N4O3P/c1-3(6)4(10)12-5(13-11)2-7-9-8-5/h2-3H,6H2,1H3/t3-,5?/m0/s1. The highest BCUT2D eigenvalue weighted by atomic mass is 31.1. The molecular weight excluding hydrogens is 195 g/mol. The van der Waals surface area contributed by atoms with Gasteiger partial charge < -0.3 is 10.5 Å². The van der Waals surface area contributed by atoms with E-state index in [2.05, 4.69) is 15.4 Å². The molecule has 2 atom stereocenters. The lowest BCUT2D eigenvalue weighted by atomic mass is 10.4. The normalized spacial score (nSPS) is 27.8. The van der Waals surface area contributed by atoms with Crippen LogP contribution in [0.3, 0.4) is 0 Å². The molecule has 1 rings (SSSR count). The second kappa shape index (κ2) is 3.68. The highest BCUT2D eigenvalue weighted by Gasteiger charge is 2.37. The van der Waals surface area contributed by atoms with Gasteiger partial charge >= 0.3 is 11.4 Å². The van der Waals surface area contributed by atoms with Crippen molar-refractivity contribution in [1.29, 1.82) is 0 Å². The molecule has 1 aliphatic heterocycles. The van der Waals surface area contributed by atoms with E-state index in [1.807, 2.05) is 0 Å². The zero-order valence-corrected chi connectivity index (χ0v) is 7.64. The van der Waals surface area contributed by atoms with Gasteiger partial charge in [-0.3, -0.25) is 9.36 Å². The van der Waals surface area contributed by atoms with Gasteiger partial charge in [-0.2, -0.15) is 0 Å². The smallest absolute Gasteiger partial charge is 0.340 e. The summed E-state index contributed by atoms with van der Waals surface area (Å²) < 4.78 is 15.3. The predicted molar refractivity (Wildman–Crippen MR) is 43.4 cm³/mol. The zero-order chi connectivity index (χ0) is 9.90. The second-order valence-electron chi connectivity index (χ2n) is 2.39. The van der Waals surface area contributed by atoms with E-state index in [1.165, 1.54) is 6.92 Å². The Kier molecular flexibility index (Phi) is 2.79. The SMILES string of the molecule is C[C@H](N)C(=O)OC1(P=O)C=NN=N1. The highest BCUT2D eigenvalue weighted by molar-refractivity contribution is 7.27. The van der Waals surface area contributed by atoms with Crippen LogP contribution in [0.15, 0.2) is 15.4 Å². The number of esters is 1.